The average molecular weight is 325 g/mol. The predicted molar refractivity (Wildman–Crippen MR) is 77.1 cm³/mol. The van der Waals surface area contributed by atoms with Crippen molar-refractivity contribution in [3.05, 3.63) is 21.2 Å². The van der Waals surface area contributed by atoms with E-state index in [1.165, 1.54) is 12.8 Å². The molecule has 0 unspecified atom stereocenters. The maximum absolute atomic E-state index is 4.68. The van der Waals surface area contributed by atoms with Crippen LogP contribution in [-0.4, -0.2) is 22.0 Å². The summed E-state index contributed by atoms with van der Waals surface area (Å²) in [4.78, 5) is 13.7. The van der Waals surface area contributed by atoms with E-state index in [-0.39, 0.29) is 0 Å². The second-order valence-corrected chi connectivity index (χ2v) is 6.06. The van der Waals surface area contributed by atoms with Gasteiger partial charge in [0.2, 0.25) is 0 Å². The number of thiazole rings is 1. The fraction of sp³-hybridized carbons (Fsp3) is 0.417. The Balaban J connectivity index is 2.12. The van der Waals surface area contributed by atoms with Crippen molar-refractivity contribution in [2.24, 2.45) is 0 Å². The van der Waals surface area contributed by atoms with E-state index in [1.807, 2.05) is 19.4 Å². The van der Waals surface area contributed by atoms with Gasteiger partial charge in [-0.15, -0.1) is 11.3 Å². The molecule has 2 aromatic rings. The Hall–Kier alpha value is -1.01. The lowest BCUT2D eigenvalue weighted by Crippen LogP contribution is -2.02. The lowest BCUT2D eigenvalue weighted by Gasteiger charge is -2.09. The highest BCUT2D eigenvalue weighted by Crippen LogP contribution is 2.44. The Morgan fingerprint density at radius 3 is 2.67 bits per heavy atom. The standard InChI is InChI=1S/C12H13BrN4S/c1-6-5-18-12(15-6)11-16-9(7-3-4-7)8(13)10(14-2)17-11/h5,7H,3-4H2,1-2H3,(H,14,16,17). The Bertz CT molecular complexity index is 592. The van der Waals surface area contributed by atoms with Gasteiger partial charge in [0.1, 0.15) is 5.82 Å². The van der Waals surface area contributed by atoms with E-state index in [0.29, 0.717) is 5.92 Å². The number of hydrogen-bond donors (Lipinski definition) is 1. The van der Waals surface area contributed by atoms with E-state index in [1.54, 1.807) is 11.3 Å². The van der Waals surface area contributed by atoms with Crippen molar-refractivity contribution in [3.8, 4) is 10.8 Å². The average Bonchev–Trinajstić information content (AvgIpc) is 3.12. The molecule has 94 valence electrons. The van der Waals surface area contributed by atoms with Crippen LogP contribution in [0.3, 0.4) is 0 Å². The molecule has 4 nitrogen and oxygen atoms in total. The lowest BCUT2D eigenvalue weighted by atomic mass is 10.2. The summed E-state index contributed by atoms with van der Waals surface area (Å²) in [6, 6.07) is 0. The van der Waals surface area contributed by atoms with Gasteiger partial charge in [-0.25, -0.2) is 15.0 Å². The van der Waals surface area contributed by atoms with Crippen LogP contribution in [0.2, 0.25) is 0 Å². The first-order valence-corrected chi connectivity index (χ1v) is 7.54. The zero-order valence-corrected chi connectivity index (χ0v) is 12.6. The van der Waals surface area contributed by atoms with Crippen molar-refractivity contribution in [2.75, 3.05) is 12.4 Å². The van der Waals surface area contributed by atoms with Crippen molar-refractivity contribution < 1.29 is 0 Å². The van der Waals surface area contributed by atoms with Crippen molar-refractivity contribution in [3.63, 3.8) is 0 Å². The second-order valence-electron chi connectivity index (χ2n) is 4.41. The molecule has 0 radical (unpaired) electrons. The van der Waals surface area contributed by atoms with Crippen LogP contribution in [0.1, 0.15) is 30.1 Å². The molecule has 2 aromatic heterocycles. The summed E-state index contributed by atoms with van der Waals surface area (Å²) in [7, 11) is 1.88. The zero-order valence-electron chi connectivity index (χ0n) is 10.2. The Morgan fingerprint density at radius 1 is 1.33 bits per heavy atom. The number of rotatable bonds is 3. The van der Waals surface area contributed by atoms with Crippen LogP contribution in [0.25, 0.3) is 10.8 Å². The summed E-state index contributed by atoms with van der Waals surface area (Å²) >= 11 is 5.18. The number of aromatic nitrogens is 3. The number of hydrogen-bond acceptors (Lipinski definition) is 5. The van der Waals surface area contributed by atoms with Gasteiger partial charge in [-0.2, -0.15) is 0 Å². The molecule has 1 saturated carbocycles. The molecule has 1 aliphatic rings. The second kappa shape index (κ2) is 4.59. The summed E-state index contributed by atoms with van der Waals surface area (Å²) in [6.45, 7) is 1.99. The first-order valence-electron chi connectivity index (χ1n) is 5.86. The molecule has 1 N–H and O–H groups in total. The molecule has 0 spiro atoms. The maximum Gasteiger partial charge on any atom is 0.191 e. The minimum absolute atomic E-state index is 0.578. The van der Waals surface area contributed by atoms with E-state index in [2.05, 4.69) is 36.2 Å². The van der Waals surface area contributed by atoms with Crippen LogP contribution in [0.4, 0.5) is 5.82 Å². The molecular weight excluding hydrogens is 312 g/mol. The molecule has 0 amide bonds. The molecule has 6 heteroatoms. The Labute approximate surface area is 118 Å². The minimum Gasteiger partial charge on any atom is -0.372 e. The van der Waals surface area contributed by atoms with Crippen molar-refractivity contribution in [1.82, 2.24) is 15.0 Å². The summed E-state index contributed by atoms with van der Waals surface area (Å²) < 4.78 is 0.990. The van der Waals surface area contributed by atoms with Crippen molar-refractivity contribution >= 4 is 33.1 Å². The smallest absolute Gasteiger partial charge is 0.191 e. The first kappa shape index (κ1) is 12.0. The van der Waals surface area contributed by atoms with Gasteiger partial charge < -0.3 is 5.32 Å². The van der Waals surface area contributed by atoms with Gasteiger partial charge in [-0.1, -0.05) is 0 Å². The van der Waals surface area contributed by atoms with E-state index < -0.39 is 0 Å². The molecule has 2 heterocycles. The van der Waals surface area contributed by atoms with Gasteiger partial charge in [-0.05, 0) is 35.7 Å². The van der Waals surface area contributed by atoms with Crippen LogP contribution in [0, 0.1) is 6.92 Å². The normalized spacial score (nSPS) is 14.8. The fourth-order valence-electron chi connectivity index (χ4n) is 1.81. The number of halogens is 1. The molecule has 1 fully saturated rings. The molecule has 0 aromatic carbocycles. The van der Waals surface area contributed by atoms with Gasteiger partial charge >= 0.3 is 0 Å². The van der Waals surface area contributed by atoms with E-state index in [0.717, 1.165) is 32.5 Å². The SMILES string of the molecule is CNc1nc(-c2nc(C)cs2)nc(C2CC2)c1Br. The van der Waals surface area contributed by atoms with E-state index >= 15 is 0 Å². The summed E-state index contributed by atoms with van der Waals surface area (Å²) in [6.07, 6.45) is 2.43. The van der Waals surface area contributed by atoms with Gasteiger partial charge in [0.05, 0.1) is 10.2 Å². The third kappa shape index (κ3) is 2.14. The number of nitrogens with zero attached hydrogens (tertiary/aromatic N) is 3. The Kier molecular flexibility index (Phi) is 3.07. The van der Waals surface area contributed by atoms with Crippen molar-refractivity contribution in [1.29, 1.82) is 0 Å². The number of anilines is 1. The van der Waals surface area contributed by atoms with Crippen molar-refractivity contribution in [2.45, 2.75) is 25.7 Å². The van der Waals surface area contributed by atoms with Gasteiger partial charge in [0.15, 0.2) is 10.8 Å². The van der Waals surface area contributed by atoms with Gasteiger partial charge in [0, 0.05) is 24.0 Å². The predicted octanol–water partition coefficient (Wildman–Crippen LogP) is 3.59. The van der Waals surface area contributed by atoms with Gasteiger partial charge in [0.25, 0.3) is 0 Å². The molecule has 18 heavy (non-hydrogen) atoms. The monoisotopic (exact) mass is 324 g/mol. The van der Waals surface area contributed by atoms with Crippen LogP contribution < -0.4 is 5.32 Å². The van der Waals surface area contributed by atoms with Crippen LogP contribution in [0.5, 0.6) is 0 Å². The maximum atomic E-state index is 4.68. The summed E-state index contributed by atoms with van der Waals surface area (Å²) in [5.74, 6) is 2.14. The molecular formula is C12H13BrN4S. The number of aryl methyl sites for hydroxylation is 1. The highest BCUT2D eigenvalue weighted by Gasteiger charge is 2.29. The Morgan fingerprint density at radius 2 is 2.11 bits per heavy atom. The minimum atomic E-state index is 0.578. The third-order valence-corrected chi connectivity index (χ3v) is 4.63. The first-order chi connectivity index (χ1) is 8.69. The summed E-state index contributed by atoms with van der Waals surface area (Å²) in [5, 5.41) is 6.03. The zero-order chi connectivity index (χ0) is 12.7. The van der Waals surface area contributed by atoms with Crippen LogP contribution in [-0.2, 0) is 0 Å². The largest absolute Gasteiger partial charge is 0.372 e. The van der Waals surface area contributed by atoms with E-state index in [9.17, 15) is 0 Å². The molecule has 0 bridgehead atoms. The molecule has 1 aliphatic carbocycles. The highest BCUT2D eigenvalue weighted by molar-refractivity contribution is 9.10. The topological polar surface area (TPSA) is 50.7 Å². The molecule has 0 aliphatic heterocycles. The van der Waals surface area contributed by atoms with Crippen LogP contribution in [0.15, 0.2) is 9.85 Å². The fourth-order valence-corrected chi connectivity index (χ4v) is 3.24. The third-order valence-electron chi connectivity index (χ3n) is 2.89. The van der Waals surface area contributed by atoms with Gasteiger partial charge in [-0.3, -0.25) is 0 Å². The van der Waals surface area contributed by atoms with Crippen LogP contribution >= 0.6 is 27.3 Å². The van der Waals surface area contributed by atoms with E-state index in [4.69, 9.17) is 0 Å². The lowest BCUT2D eigenvalue weighted by molar-refractivity contribution is 0.977. The quantitative estimate of drug-likeness (QED) is 0.937. The highest BCUT2D eigenvalue weighted by atomic mass is 79.9. The molecule has 0 atom stereocenters. The molecule has 0 saturated heterocycles. The molecule has 3 rings (SSSR count). The summed E-state index contributed by atoms with van der Waals surface area (Å²) in [5.41, 5.74) is 2.12. The number of nitrogens with one attached hydrogen (secondary N) is 1.